The van der Waals surface area contributed by atoms with Gasteiger partial charge in [-0.3, -0.25) is 29.1 Å². The molecular weight excluding hydrogens is 622 g/mol. The van der Waals surface area contributed by atoms with Crippen LogP contribution in [-0.4, -0.2) is 88.8 Å². The van der Waals surface area contributed by atoms with Crippen LogP contribution in [0.2, 0.25) is 0 Å². The number of ether oxygens (including phenoxy) is 1. The third kappa shape index (κ3) is 8.18. The van der Waals surface area contributed by atoms with Crippen molar-refractivity contribution < 1.29 is 32.7 Å². The molecule has 1 aromatic heterocycles. The molecule has 3 amide bonds. The summed E-state index contributed by atoms with van der Waals surface area (Å²) < 4.78 is 33.5. The van der Waals surface area contributed by atoms with Gasteiger partial charge in [0.25, 0.3) is 11.8 Å². The fourth-order valence-electron chi connectivity index (χ4n) is 6.56. The number of hydrogen-bond acceptors (Lipinski definition) is 8. The van der Waals surface area contributed by atoms with Crippen molar-refractivity contribution in [2.24, 2.45) is 11.3 Å². The largest absolute Gasteiger partial charge is 0.455 e. The summed E-state index contributed by atoms with van der Waals surface area (Å²) in [6.07, 6.45) is 4.54. The van der Waals surface area contributed by atoms with Gasteiger partial charge >= 0.3 is 5.97 Å². The van der Waals surface area contributed by atoms with Gasteiger partial charge in [-0.25, -0.2) is 19.2 Å². The number of hydrogen-bond donors (Lipinski definition) is 3. The lowest BCUT2D eigenvalue weighted by Crippen LogP contribution is -2.61. The summed E-state index contributed by atoms with van der Waals surface area (Å²) in [5.41, 5.74) is 3.88. The van der Waals surface area contributed by atoms with Gasteiger partial charge in [-0.05, 0) is 76.2 Å². The number of benzene rings is 1. The zero-order chi connectivity index (χ0) is 34.8. The van der Waals surface area contributed by atoms with Gasteiger partial charge in [-0.15, -0.1) is 0 Å². The minimum Gasteiger partial charge on any atom is -0.455 e. The molecular formula is C35H46F2N6O5. The van der Waals surface area contributed by atoms with Crippen LogP contribution >= 0.6 is 0 Å². The fourth-order valence-corrected chi connectivity index (χ4v) is 6.56. The second kappa shape index (κ2) is 14.3. The summed E-state index contributed by atoms with van der Waals surface area (Å²) >= 11 is 0. The molecule has 5 rings (SSSR count). The summed E-state index contributed by atoms with van der Waals surface area (Å²) in [7, 11) is 0. The molecule has 3 aliphatic rings. The predicted octanol–water partition coefficient (Wildman–Crippen LogP) is 3.74. The molecule has 4 heterocycles. The second-order valence-electron chi connectivity index (χ2n) is 13.8. The van der Waals surface area contributed by atoms with Gasteiger partial charge in [0.2, 0.25) is 11.8 Å². The molecule has 1 spiro atoms. The molecule has 1 aromatic carbocycles. The number of alkyl halides is 2. The zero-order valence-corrected chi connectivity index (χ0v) is 28.2. The smallest absolute Gasteiger partial charge is 0.325 e. The Morgan fingerprint density at radius 3 is 2.44 bits per heavy atom. The lowest BCUT2D eigenvalue weighted by molar-refractivity contribution is -0.157. The molecule has 4 atom stereocenters. The number of fused-ring (bicyclic) bond motifs is 4. The number of rotatable bonds is 3. The van der Waals surface area contributed by atoms with Crippen molar-refractivity contribution in [3.63, 3.8) is 0 Å². The van der Waals surface area contributed by atoms with E-state index in [0.29, 0.717) is 30.6 Å². The number of esters is 1. The molecule has 0 radical (unpaired) electrons. The molecule has 48 heavy (non-hydrogen) atoms. The molecule has 5 bridgehead atoms. The lowest BCUT2D eigenvalue weighted by atomic mass is 9.76. The van der Waals surface area contributed by atoms with Crippen LogP contribution in [0, 0.1) is 11.3 Å². The van der Waals surface area contributed by atoms with Crippen molar-refractivity contribution in [1.29, 1.82) is 0 Å². The summed E-state index contributed by atoms with van der Waals surface area (Å²) in [6.45, 7) is 8.25. The van der Waals surface area contributed by atoms with E-state index in [-0.39, 0.29) is 37.8 Å². The van der Waals surface area contributed by atoms with E-state index in [1.807, 2.05) is 36.4 Å². The Morgan fingerprint density at radius 2 is 1.75 bits per heavy atom. The quantitative estimate of drug-likeness (QED) is 0.422. The maximum atomic E-state index is 14.2. The van der Waals surface area contributed by atoms with Gasteiger partial charge < -0.3 is 15.4 Å². The lowest BCUT2D eigenvalue weighted by Gasteiger charge is -2.40. The van der Waals surface area contributed by atoms with Gasteiger partial charge in [0.15, 0.2) is 0 Å². The zero-order valence-electron chi connectivity index (χ0n) is 28.2. The molecule has 0 unspecified atom stereocenters. The van der Waals surface area contributed by atoms with E-state index in [1.165, 1.54) is 5.01 Å². The first-order chi connectivity index (χ1) is 22.6. The topological polar surface area (TPSA) is 133 Å². The molecule has 2 saturated heterocycles. The van der Waals surface area contributed by atoms with Gasteiger partial charge in [0, 0.05) is 18.9 Å². The first-order valence-electron chi connectivity index (χ1n) is 16.7. The van der Waals surface area contributed by atoms with Crippen LogP contribution < -0.4 is 16.1 Å². The average Bonchev–Trinajstić information content (AvgIpc) is 3.04. The number of carbonyl (C=O) groups is 4. The summed E-state index contributed by atoms with van der Waals surface area (Å²) in [5.74, 6) is -5.05. The molecule has 0 aliphatic carbocycles. The molecule has 11 nitrogen and oxygen atoms in total. The Balaban J connectivity index is 1.52. The number of amides is 3. The Labute approximate surface area is 279 Å². The van der Waals surface area contributed by atoms with E-state index in [1.54, 1.807) is 38.7 Å². The van der Waals surface area contributed by atoms with E-state index >= 15 is 0 Å². The number of cyclic esters (lactones) is 1. The minimum absolute atomic E-state index is 0.271. The Hall–Kier alpha value is -3.97. The van der Waals surface area contributed by atoms with Crippen molar-refractivity contribution in [3.8, 4) is 0 Å². The highest BCUT2D eigenvalue weighted by atomic mass is 19.3. The predicted molar refractivity (Wildman–Crippen MR) is 176 cm³/mol. The molecule has 2 aromatic rings. The van der Waals surface area contributed by atoms with Crippen LogP contribution in [0.5, 0.6) is 0 Å². The molecule has 260 valence electrons. The second-order valence-corrected chi connectivity index (χ2v) is 13.8. The van der Waals surface area contributed by atoms with Crippen LogP contribution in [0.3, 0.4) is 0 Å². The van der Waals surface area contributed by atoms with Crippen molar-refractivity contribution in [2.45, 2.75) is 90.5 Å². The van der Waals surface area contributed by atoms with E-state index in [4.69, 9.17) is 9.72 Å². The van der Waals surface area contributed by atoms with Gasteiger partial charge in [-0.1, -0.05) is 44.2 Å². The van der Waals surface area contributed by atoms with E-state index < -0.39 is 59.9 Å². The maximum absolute atomic E-state index is 14.2. The number of nitrogens with zero attached hydrogens (tertiary/aromatic N) is 3. The Kier molecular flexibility index (Phi) is 10.5. The van der Waals surface area contributed by atoms with Crippen molar-refractivity contribution >= 4 is 40.7 Å². The highest BCUT2D eigenvalue weighted by Crippen LogP contribution is 2.36. The number of piperidine rings is 1. The highest BCUT2D eigenvalue weighted by Gasteiger charge is 2.43. The molecule has 2 fully saturated rings. The molecule has 3 N–H and O–H groups in total. The van der Waals surface area contributed by atoms with Crippen LogP contribution in [0.25, 0.3) is 17.0 Å². The number of likely N-dealkylation sites (tertiary alicyclic amines) is 1. The normalized spacial score (nSPS) is 27.1. The number of halogens is 2. The minimum atomic E-state index is -2.87. The average molecular weight is 669 g/mol. The van der Waals surface area contributed by atoms with E-state index in [9.17, 15) is 28.0 Å². The van der Waals surface area contributed by atoms with Gasteiger partial charge in [-0.2, -0.15) is 0 Å². The fraction of sp³-hybridized carbons (Fsp3) is 0.571. The van der Waals surface area contributed by atoms with Crippen molar-refractivity contribution in [3.05, 3.63) is 47.7 Å². The number of nitrogens with one attached hydrogen (secondary N) is 3. The van der Waals surface area contributed by atoms with E-state index in [2.05, 4.69) is 16.1 Å². The third-order valence-electron chi connectivity index (χ3n) is 9.45. The number of hydrazine groups is 1. The Morgan fingerprint density at radius 1 is 1.04 bits per heavy atom. The molecule has 13 heteroatoms. The standard InChI is InChI=1S/C35H46F2N6O5/c1-21(2)29-30(44)38-22(3)31(45)43-16-6-7-27(41-43)32(46)48-23(4)26-11-10-25-9-8-24(19-28(25)39-26)12-13-35(33(47)40-29)14-17-42(18-15-35)20-34(5,36)37/h8-13,19,21-23,27,29,41H,6-7,14-18,20H2,1-5H3,(H,38,44)(H,40,47)/b13-12+/t22-,23+,27-,29-/m0/s1. The number of carbonyl (C=O) groups excluding carboxylic acids is 4. The van der Waals surface area contributed by atoms with E-state index in [0.717, 1.165) is 17.9 Å². The van der Waals surface area contributed by atoms with Crippen molar-refractivity contribution in [2.75, 3.05) is 26.2 Å². The van der Waals surface area contributed by atoms with Crippen LogP contribution in [0.15, 0.2) is 36.4 Å². The monoisotopic (exact) mass is 668 g/mol. The molecule has 0 saturated carbocycles. The highest BCUT2D eigenvalue weighted by molar-refractivity contribution is 5.94. The summed E-state index contributed by atoms with van der Waals surface area (Å²) in [6, 6.07) is 6.72. The third-order valence-corrected chi connectivity index (χ3v) is 9.45. The van der Waals surface area contributed by atoms with Gasteiger partial charge in [0.1, 0.15) is 24.2 Å². The first kappa shape index (κ1) is 35.3. The molecule has 3 aliphatic heterocycles. The van der Waals surface area contributed by atoms with Gasteiger partial charge in [0.05, 0.1) is 23.2 Å². The summed E-state index contributed by atoms with van der Waals surface area (Å²) in [5, 5.41) is 7.89. The number of pyridine rings is 1. The van der Waals surface area contributed by atoms with Crippen LogP contribution in [0.1, 0.15) is 77.7 Å². The Bertz CT molecular complexity index is 1570. The summed E-state index contributed by atoms with van der Waals surface area (Å²) in [4.78, 5) is 60.7. The van der Waals surface area contributed by atoms with Crippen molar-refractivity contribution in [1.82, 2.24) is 31.0 Å². The maximum Gasteiger partial charge on any atom is 0.325 e. The first-order valence-corrected chi connectivity index (χ1v) is 16.7. The SMILES string of the molecule is CC(C)[C@@H]1NC(=O)C2(/C=C/c3ccc4ccc(nc4c3)[C@@H](C)OC(=O)[C@@H]3CCCN(N3)C(=O)[C@H](C)NC1=O)CCN(CC(C)(F)F)CC2. The van der Waals surface area contributed by atoms with Crippen LogP contribution in [-0.2, 0) is 23.9 Å². The van der Waals surface area contributed by atoms with Crippen LogP contribution in [0.4, 0.5) is 8.78 Å². The number of aromatic nitrogens is 1.